The quantitative estimate of drug-likeness (QED) is 0.800. The van der Waals surface area contributed by atoms with Crippen molar-refractivity contribution in [2.75, 3.05) is 5.75 Å². The molecule has 1 aromatic rings. The normalized spacial score (nSPS) is 21.4. The van der Waals surface area contributed by atoms with Gasteiger partial charge < -0.3 is 10.2 Å². The van der Waals surface area contributed by atoms with Crippen molar-refractivity contribution in [1.29, 1.82) is 0 Å². The summed E-state index contributed by atoms with van der Waals surface area (Å²) >= 11 is 0. The number of aliphatic hydroxyl groups excluding tert-OH is 1. The van der Waals surface area contributed by atoms with Crippen LogP contribution in [0.3, 0.4) is 0 Å². The number of aryl methyl sites for hydroxylation is 1. The molecule has 1 aliphatic rings. The van der Waals surface area contributed by atoms with Gasteiger partial charge in [0.1, 0.15) is 0 Å². The van der Waals surface area contributed by atoms with Crippen molar-refractivity contribution in [3.63, 3.8) is 0 Å². The van der Waals surface area contributed by atoms with Gasteiger partial charge in [-0.3, -0.25) is 0 Å². The molecule has 1 aromatic carbocycles. The van der Waals surface area contributed by atoms with E-state index in [9.17, 15) is 18.3 Å². The SMILES string of the molecule is Cc1cc(C(=O)O)c(C)c2c1S(=O)(=O)CCC2O. The molecule has 0 saturated carbocycles. The number of carboxylic acid groups (broad SMARTS) is 1. The van der Waals surface area contributed by atoms with E-state index in [1.807, 2.05) is 0 Å². The van der Waals surface area contributed by atoms with Gasteiger partial charge in [0, 0.05) is 5.56 Å². The molecular weight excluding hydrogens is 256 g/mol. The van der Waals surface area contributed by atoms with Crippen LogP contribution in [0.5, 0.6) is 0 Å². The predicted molar refractivity (Wildman–Crippen MR) is 64.5 cm³/mol. The zero-order chi connectivity index (χ0) is 13.7. The highest BCUT2D eigenvalue weighted by Gasteiger charge is 2.33. The van der Waals surface area contributed by atoms with Crippen LogP contribution in [0.2, 0.25) is 0 Å². The number of carbonyl (C=O) groups is 1. The van der Waals surface area contributed by atoms with E-state index in [-0.39, 0.29) is 28.2 Å². The number of rotatable bonds is 1. The summed E-state index contributed by atoms with van der Waals surface area (Å²) < 4.78 is 24.0. The molecule has 2 rings (SSSR count). The summed E-state index contributed by atoms with van der Waals surface area (Å²) in [6, 6.07) is 1.35. The number of benzene rings is 1. The predicted octanol–water partition coefficient (Wildman–Crippen LogP) is 1.21. The second-order valence-corrected chi connectivity index (χ2v) is 6.58. The maximum Gasteiger partial charge on any atom is 0.335 e. The van der Waals surface area contributed by atoms with Crippen molar-refractivity contribution in [1.82, 2.24) is 0 Å². The van der Waals surface area contributed by atoms with Crippen LogP contribution >= 0.6 is 0 Å². The van der Waals surface area contributed by atoms with Gasteiger partial charge in [-0.1, -0.05) is 0 Å². The second kappa shape index (κ2) is 4.07. The maximum atomic E-state index is 12.0. The summed E-state index contributed by atoms with van der Waals surface area (Å²) in [7, 11) is -3.42. The molecule has 0 amide bonds. The van der Waals surface area contributed by atoms with E-state index in [1.54, 1.807) is 6.92 Å². The van der Waals surface area contributed by atoms with Gasteiger partial charge in [0.2, 0.25) is 0 Å². The average molecular weight is 270 g/mol. The lowest BCUT2D eigenvalue weighted by Gasteiger charge is -2.26. The molecule has 1 heterocycles. The van der Waals surface area contributed by atoms with Gasteiger partial charge in [-0.2, -0.15) is 0 Å². The fraction of sp³-hybridized carbons (Fsp3) is 0.417. The summed E-state index contributed by atoms with van der Waals surface area (Å²) in [6.07, 6.45) is -0.805. The number of aliphatic hydroxyl groups is 1. The Morgan fingerprint density at radius 1 is 1.39 bits per heavy atom. The van der Waals surface area contributed by atoms with Crippen LogP contribution in [0.1, 0.15) is 39.6 Å². The van der Waals surface area contributed by atoms with Crippen LogP contribution in [-0.4, -0.2) is 30.4 Å². The largest absolute Gasteiger partial charge is 0.478 e. The highest BCUT2D eigenvalue weighted by atomic mass is 32.2. The number of hydrogen-bond acceptors (Lipinski definition) is 4. The van der Waals surface area contributed by atoms with Crippen LogP contribution in [0.4, 0.5) is 0 Å². The minimum Gasteiger partial charge on any atom is -0.478 e. The molecule has 0 saturated heterocycles. The fourth-order valence-electron chi connectivity index (χ4n) is 2.47. The minimum absolute atomic E-state index is 0.0439. The average Bonchev–Trinajstić information content (AvgIpc) is 2.26. The highest BCUT2D eigenvalue weighted by Crippen LogP contribution is 2.37. The summed E-state index contributed by atoms with van der Waals surface area (Å²) in [5, 5.41) is 19.0. The molecule has 1 atom stereocenters. The van der Waals surface area contributed by atoms with Crippen molar-refractivity contribution in [3.05, 3.63) is 28.3 Å². The first-order chi connectivity index (χ1) is 8.25. The standard InChI is InChI=1S/C12H14O5S/c1-6-5-8(12(14)15)7(2)10-9(13)3-4-18(16,17)11(6)10/h5,9,13H,3-4H2,1-2H3,(H,14,15). The molecule has 0 radical (unpaired) electrons. The third-order valence-corrected chi connectivity index (χ3v) is 5.24. The van der Waals surface area contributed by atoms with Gasteiger partial charge >= 0.3 is 5.97 Å². The molecule has 0 aliphatic carbocycles. The minimum atomic E-state index is -3.42. The fourth-order valence-corrected chi connectivity index (χ4v) is 4.38. The molecule has 98 valence electrons. The molecular formula is C12H14O5S. The third-order valence-electron chi connectivity index (χ3n) is 3.31. The summed E-state index contributed by atoms with van der Waals surface area (Å²) in [4.78, 5) is 11.2. The Kier molecular flexibility index (Phi) is 2.95. The van der Waals surface area contributed by atoms with Crippen LogP contribution in [0.25, 0.3) is 0 Å². The molecule has 18 heavy (non-hydrogen) atoms. The van der Waals surface area contributed by atoms with Crippen LogP contribution in [0, 0.1) is 13.8 Å². The molecule has 1 unspecified atom stereocenters. The maximum absolute atomic E-state index is 12.0. The van der Waals surface area contributed by atoms with Crippen LogP contribution < -0.4 is 0 Å². The van der Waals surface area contributed by atoms with E-state index in [0.29, 0.717) is 11.1 Å². The van der Waals surface area contributed by atoms with E-state index < -0.39 is 21.9 Å². The first-order valence-corrected chi connectivity index (χ1v) is 7.19. The monoisotopic (exact) mass is 270 g/mol. The zero-order valence-corrected chi connectivity index (χ0v) is 10.9. The lowest BCUT2D eigenvalue weighted by atomic mass is 9.94. The van der Waals surface area contributed by atoms with Gasteiger partial charge in [-0.25, -0.2) is 13.2 Å². The van der Waals surface area contributed by atoms with Gasteiger partial charge in [0.05, 0.1) is 22.3 Å². The van der Waals surface area contributed by atoms with Crippen molar-refractivity contribution in [2.45, 2.75) is 31.3 Å². The first-order valence-electron chi connectivity index (χ1n) is 5.54. The Balaban J connectivity index is 2.88. The molecule has 0 bridgehead atoms. The number of hydrogen-bond donors (Lipinski definition) is 2. The van der Waals surface area contributed by atoms with Crippen molar-refractivity contribution in [2.24, 2.45) is 0 Å². The Labute approximate surface area is 105 Å². The van der Waals surface area contributed by atoms with Gasteiger partial charge in [0.25, 0.3) is 0 Å². The molecule has 0 spiro atoms. The van der Waals surface area contributed by atoms with E-state index in [0.717, 1.165) is 0 Å². The third kappa shape index (κ3) is 1.81. The Morgan fingerprint density at radius 2 is 2.00 bits per heavy atom. The second-order valence-electron chi connectivity index (χ2n) is 4.54. The van der Waals surface area contributed by atoms with E-state index in [2.05, 4.69) is 0 Å². The number of aromatic carboxylic acids is 1. The molecule has 1 aliphatic heterocycles. The molecule has 5 nitrogen and oxygen atoms in total. The topological polar surface area (TPSA) is 91.7 Å². The number of sulfone groups is 1. The zero-order valence-electron chi connectivity index (χ0n) is 10.1. The lowest BCUT2D eigenvalue weighted by molar-refractivity contribution is 0.0695. The van der Waals surface area contributed by atoms with Gasteiger partial charge in [0.15, 0.2) is 9.84 Å². The van der Waals surface area contributed by atoms with Gasteiger partial charge in [-0.15, -0.1) is 0 Å². The molecule has 2 N–H and O–H groups in total. The van der Waals surface area contributed by atoms with Crippen molar-refractivity contribution in [3.8, 4) is 0 Å². The smallest absolute Gasteiger partial charge is 0.335 e. The Morgan fingerprint density at radius 3 is 2.56 bits per heavy atom. The molecule has 0 aromatic heterocycles. The van der Waals surface area contributed by atoms with E-state index >= 15 is 0 Å². The Bertz CT molecular complexity index is 630. The van der Waals surface area contributed by atoms with Crippen LogP contribution in [0.15, 0.2) is 11.0 Å². The lowest BCUT2D eigenvalue weighted by Crippen LogP contribution is -2.23. The van der Waals surface area contributed by atoms with Crippen molar-refractivity contribution < 1.29 is 23.4 Å². The summed E-state index contributed by atoms with van der Waals surface area (Å²) in [5.41, 5.74) is 1.01. The molecule has 6 heteroatoms. The van der Waals surface area contributed by atoms with Crippen LogP contribution in [-0.2, 0) is 9.84 Å². The van der Waals surface area contributed by atoms with E-state index in [4.69, 9.17) is 5.11 Å². The number of fused-ring (bicyclic) bond motifs is 1. The summed E-state index contributed by atoms with van der Waals surface area (Å²) in [6.45, 7) is 3.09. The molecule has 0 fully saturated rings. The van der Waals surface area contributed by atoms with Crippen molar-refractivity contribution >= 4 is 15.8 Å². The first kappa shape index (κ1) is 13.0. The summed E-state index contributed by atoms with van der Waals surface area (Å²) in [5.74, 6) is -1.22. The van der Waals surface area contributed by atoms with E-state index in [1.165, 1.54) is 13.0 Å². The Hall–Kier alpha value is -1.40. The number of carboxylic acids is 1. The highest BCUT2D eigenvalue weighted by molar-refractivity contribution is 7.91. The van der Waals surface area contributed by atoms with Gasteiger partial charge in [-0.05, 0) is 37.5 Å².